The molecule has 0 unspecified atom stereocenters. The molecule has 51 heavy (non-hydrogen) atoms. The van der Waals surface area contributed by atoms with Crippen molar-refractivity contribution >= 4 is 57.3 Å². The monoisotopic (exact) mass is 734 g/mol. The van der Waals surface area contributed by atoms with Gasteiger partial charge >= 0.3 is 6.03 Å². The highest BCUT2D eigenvalue weighted by molar-refractivity contribution is 6.42. The van der Waals surface area contributed by atoms with Gasteiger partial charge in [-0.3, -0.25) is 9.69 Å². The number of urea groups is 1. The minimum atomic E-state index is -0.487. The lowest BCUT2D eigenvalue weighted by Gasteiger charge is -2.36. The molecule has 0 aliphatic carbocycles. The smallest absolute Gasteiger partial charge is 0.323 e. The SMILES string of the molecule is C[C@@H]1CN([C@H](C)CO)C(=O)c2cc(NC(=O)Nc3cccc4ccccc34)ccc2O[C@@H](C)CCCCO[C@H]1CN(C)Cc1ccc(Cl)c(Cl)c1. The van der Waals surface area contributed by atoms with Gasteiger partial charge in [-0.25, -0.2) is 4.79 Å². The number of amides is 3. The number of fused-ring (bicyclic) bond motifs is 2. The number of hydrogen-bond donors (Lipinski definition) is 3. The number of anilines is 2. The predicted molar refractivity (Wildman–Crippen MR) is 206 cm³/mol. The lowest BCUT2D eigenvalue weighted by molar-refractivity contribution is -0.0177. The van der Waals surface area contributed by atoms with E-state index in [2.05, 4.69) is 22.5 Å². The maximum Gasteiger partial charge on any atom is 0.323 e. The normalized spacial score (nSPS) is 19.6. The van der Waals surface area contributed by atoms with Crippen LogP contribution in [0.4, 0.5) is 16.2 Å². The van der Waals surface area contributed by atoms with Crippen LogP contribution in [-0.4, -0.2) is 78.4 Å². The van der Waals surface area contributed by atoms with Gasteiger partial charge in [-0.15, -0.1) is 0 Å². The molecule has 0 fully saturated rings. The molecule has 0 bridgehead atoms. The summed E-state index contributed by atoms with van der Waals surface area (Å²) in [5, 5.41) is 19.1. The maximum atomic E-state index is 14.5. The molecule has 1 heterocycles. The fourth-order valence-corrected chi connectivity index (χ4v) is 6.72. The zero-order valence-corrected chi connectivity index (χ0v) is 31.2. The number of halogens is 2. The van der Waals surface area contributed by atoms with Crippen molar-refractivity contribution in [3.8, 4) is 5.75 Å². The van der Waals surface area contributed by atoms with E-state index in [0.29, 0.717) is 59.0 Å². The van der Waals surface area contributed by atoms with Crippen molar-refractivity contribution in [1.29, 1.82) is 0 Å². The highest BCUT2D eigenvalue weighted by Gasteiger charge is 2.30. The number of ether oxygens (including phenoxy) is 2. The molecule has 3 N–H and O–H groups in total. The number of carbonyl (C=O) groups is 2. The largest absolute Gasteiger partial charge is 0.490 e. The van der Waals surface area contributed by atoms with Gasteiger partial charge in [-0.05, 0) is 87.5 Å². The summed E-state index contributed by atoms with van der Waals surface area (Å²) in [4.78, 5) is 31.6. The van der Waals surface area contributed by atoms with E-state index in [4.69, 9.17) is 32.7 Å². The van der Waals surface area contributed by atoms with Crippen molar-refractivity contribution < 1.29 is 24.2 Å². The number of nitrogens with one attached hydrogen (secondary N) is 2. The van der Waals surface area contributed by atoms with Crippen LogP contribution in [0.15, 0.2) is 78.9 Å². The fraction of sp³-hybridized carbons (Fsp3) is 0.400. The van der Waals surface area contributed by atoms with Crippen LogP contribution >= 0.6 is 23.2 Å². The summed E-state index contributed by atoms with van der Waals surface area (Å²) in [6, 6.07) is 23.4. The summed E-state index contributed by atoms with van der Waals surface area (Å²) in [5.74, 6) is 0.0448. The molecule has 5 rings (SSSR count). The third-order valence-electron chi connectivity index (χ3n) is 9.28. The summed E-state index contributed by atoms with van der Waals surface area (Å²) < 4.78 is 12.9. The lowest BCUT2D eigenvalue weighted by Crippen LogP contribution is -2.47. The van der Waals surface area contributed by atoms with E-state index < -0.39 is 12.1 Å². The van der Waals surface area contributed by atoms with Gasteiger partial charge in [0, 0.05) is 43.2 Å². The Morgan fingerprint density at radius 2 is 1.78 bits per heavy atom. The number of hydrogen-bond acceptors (Lipinski definition) is 6. The number of likely N-dealkylation sites (N-methyl/N-ethyl adjacent to an activating group) is 1. The Morgan fingerprint density at radius 3 is 2.57 bits per heavy atom. The second-order valence-corrected chi connectivity index (χ2v) is 14.4. The van der Waals surface area contributed by atoms with Crippen LogP contribution in [0.5, 0.6) is 5.75 Å². The third-order valence-corrected chi connectivity index (χ3v) is 10.0. The number of nitrogens with zero attached hydrogens (tertiary/aromatic N) is 2. The predicted octanol–water partition coefficient (Wildman–Crippen LogP) is 8.72. The summed E-state index contributed by atoms with van der Waals surface area (Å²) in [6.07, 6.45) is 2.18. The first-order chi connectivity index (χ1) is 24.5. The van der Waals surface area contributed by atoms with Crippen molar-refractivity contribution in [3.05, 3.63) is 100 Å². The molecule has 272 valence electrons. The standard InChI is InChI=1S/C40H48Cl2N4O5/c1-26-22-46(27(2)25-47)39(48)33-21-31(43-40(49)44-36-14-9-12-30-11-5-6-13-32(30)36)16-18-37(33)51-28(3)10-7-8-19-50-38(26)24-45(4)23-29-15-17-34(41)35(42)20-29/h5-6,9,11-18,20-21,26-28,38,47H,7-8,10,19,22-25H2,1-4H3,(H2,43,44,49)/t26-,27-,28+,38+/m1/s1. The molecule has 0 aromatic heterocycles. The summed E-state index contributed by atoms with van der Waals surface area (Å²) in [7, 11) is 2.03. The van der Waals surface area contributed by atoms with E-state index >= 15 is 0 Å². The van der Waals surface area contributed by atoms with Gasteiger partial charge in [0.25, 0.3) is 5.91 Å². The average Bonchev–Trinajstić information content (AvgIpc) is 3.11. The van der Waals surface area contributed by atoms with Crippen LogP contribution in [0.1, 0.15) is 56.0 Å². The third kappa shape index (κ3) is 10.4. The molecular weight excluding hydrogens is 687 g/mol. The van der Waals surface area contributed by atoms with Crippen LogP contribution in [0.2, 0.25) is 10.0 Å². The summed E-state index contributed by atoms with van der Waals surface area (Å²) in [5.41, 5.74) is 2.45. The number of benzene rings is 4. The van der Waals surface area contributed by atoms with E-state index in [9.17, 15) is 14.7 Å². The van der Waals surface area contributed by atoms with E-state index in [1.165, 1.54) is 0 Å². The first-order valence-corrected chi connectivity index (χ1v) is 18.3. The first kappa shape index (κ1) is 38.4. The fourth-order valence-electron chi connectivity index (χ4n) is 6.40. The molecule has 1 aliphatic heterocycles. The highest BCUT2D eigenvalue weighted by atomic mass is 35.5. The molecule has 3 amide bonds. The van der Waals surface area contributed by atoms with Crippen LogP contribution in [-0.2, 0) is 11.3 Å². The highest BCUT2D eigenvalue weighted by Crippen LogP contribution is 2.30. The lowest BCUT2D eigenvalue weighted by atomic mass is 10.0. The van der Waals surface area contributed by atoms with Gasteiger partial charge in [0.05, 0.1) is 46.2 Å². The minimum absolute atomic E-state index is 0.0850. The molecular formula is C40H48Cl2N4O5. The Labute approximate surface area is 310 Å². The van der Waals surface area contributed by atoms with Crippen molar-refractivity contribution in [2.75, 3.05) is 44.0 Å². The Morgan fingerprint density at radius 1 is 1.00 bits per heavy atom. The van der Waals surface area contributed by atoms with Gasteiger partial charge in [-0.2, -0.15) is 0 Å². The molecule has 9 nitrogen and oxygen atoms in total. The molecule has 1 aliphatic rings. The molecule has 0 saturated heterocycles. The Hall–Kier alpha value is -3.86. The molecule has 0 saturated carbocycles. The van der Waals surface area contributed by atoms with Crippen LogP contribution in [0.25, 0.3) is 10.8 Å². The molecule has 0 radical (unpaired) electrons. The van der Waals surface area contributed by atoms with Gasteiger partial charge < -0.3 is 30.1 Å². The first-order valence-electron chi connectivity index (χ1n) is 17.5. The Kier molecular flexibility index (Phi) is 13.6. The number of rotatable bonds is 8. The van der Waals surface area contributed by atoms with Crippen LogP contribution in [0.3, 0.4) is 0 Å². The van der Waals surface area contributed by atoms with Crippen molar-refractivity contribution in [2.45, 2.75) is 64.8 Å². The quantitative estimate of drug-likeness (QED) is 0.167. The van der Waals surface area contributed by atoms with Crippen LogP contribution in [0, 0.1) is 5.92 Å². The molecule has 4 aromatic rings. The number of carbonyl (C=O) groups excluding carboxylic acids is 2. The minimum Gasteiger partial charge on any atom is -0.490 e. The summed E-state index contributed by atoms with van der Waals surface area (Å²) >= 11 is 12.4. The van der Waals surface area contributed by atoms with Gasteiger partial charge in [0.15, 0.2) is 0 Å². The summed E-state index contributed by atoms with van der Waals surface area (Å²) in [6.45, 7) is 7.84. The van der Waals surface area contributed by atoms with Crippen molar-refractivity contribution in [1.82, 2.24) is 9.80 Å². The second kappa shape index (κ2) is 18.1. The van der Waals surface area contributed by atoms with Crippen LogP contribution < -0.4 is 15.4 Å². The number of aliphatic hydroxyl groups excluding tert-OH is 1. The maximum absolute atomic E-state index is 14.5. The molecule has 11 heteroatoms. The Balaban J connectivity index is 1.38. The molecule has 0 spiro atoms. The van der Waals surface area contributed by atoms with Crippen molar-refractivity contribution in [3.63, 3.8) is 0 Å². The topological polar surface area (TPSA) is 103 Å². The molecule has 4 atom stereocenters. The molecule has 4 aromatic carbocycles. The zero-order chi connectivity index (χ0) is 36.5. The van der Waals surface area contributed by atoms with Gasteiger partial charge in [0.1, 0.15) is 5.75 Å². The van der Waals surface area contributed by atoms with E-state index in [1.807, 2.05) is 75.5 Å². The zero-order valence-electron chi connectivity index (χ0n) is 29.7. The van der Waals surface area contributed by atoms with E-state index in [-0.39, 0.29) is 30.6 Å². The average molecular weight is 736 g/mol. The van der Waals surface area contributed by atoms with Gasteiger partial charge in [0.2, 0.25) is 0 Å². The number of aliphatic hydroxyl groups is 1. The van der Waals surface area contributed by atoms with Crippen molar-refractivity contribution in [2.24, 2.45) is 5.92 Å². The van der Waals surface area contributed by atoms with Gasteiger partial charge in [-0.1, -0.05) is 72.6 Å². The Bertz CT molecular complexity index is 1800. The second-order valence-electron chi connectivity index (χ2n) is 13.6. The van der Waals surface area contributed by atoms with E-state index in [1.54, 1.807) is 29.2 Å². The van der Waals surface area contributed by atoms with E-state index in [0.717, 1.165) is 35.6 Å².